The van der Waals surface area contributed by atoms with E-state index in [0.717, 1.165) is 6.07 Å². The lowest BCUT2D eigenvalue weighted by Gasteiger charge is -2.27. The van der Waals surface area contributed by atoms with Crippen molar-refractivity contribution in [2.75, 3.05) is 29.5 Å². The molecule has 2 aromatic carbocycles. The van der Waals surface area contributed by atoms with Gasteiger partial charge in [0.15, 0.2) is 5.71 Å². The molecular formula is C32H38N2O14S4. The van der Waals surface area contributed by atoms with Gasteiger partial charge in [0.05, 0.1) is 37.3 Å². The Kier molecular flexibility index (Phi) is 11.2. The molecule has 0 atom stereocenters. The minimum Gasteiger partial charge on any atom is -0.748 e. The second kappa shape index (κ2) is 14.2. The summed E-state index contributed by atoms with van der Waals surface area (Å²) >= 11 is 0. The van der Waals surface area contributed by atoms with Crippen LogP contribution in [0.4, 0.5) is 11.4 Å². The first-order chi connectivity index (χ1) is 23.7. The van der Waals surface area contributed by atoms with Crippen molar-refractivity contribution in [2.45, 2.75) is 61.2 Å². The number of fused-ring (bicyclic) bond motifs is 2. The molecular weight excluding hydrogens is 765 g/mol. The van der Waals surface area contributed by atoms with Crippen LogP contribution in [-0.4, -0.2) is 97.8 Å². The summed E-state index contributed by atoms with van der Waals surface area (Å²) < 4.78 is 137. The fourth-order valence-corrected chi connectivity index (χ4v) is 9.27. The molecule has 0 radical (unpaired) electrons. The number of hydrogen-bond donors (Lipinski definition) is 4. The topological polar surface area (TPSA) is 264 Å². The second-order valence-electron chi connectivity index (χ2n) is 13.3. The molecule has 2 aromatic rings. The smallest absolute Gasteiger partial charge is 0.336 e. The Morgan fingerprint density at radius 3 is 2.06 bits per heavy atom. The Labute approximate surface area is 302 Å². The molecule has 2 heterocycles. The summed E-state index contributed by atoms with van der Waals surface area (Å²) in [7, 11) is -19.0. The maximum absolute atomic E-state index is 12.5. The molecule has 0 saturated carbocycles. The van der Waals surface area contributed by atoms with Crippen LogP contribution in [0.1, 0.15) is 62.0 Å². The molecule has 0 unspecified atom stereocenters. The molecule has 0 aliphatic carbocycles. The lowest BCUT2D eigenvalue weighted by molar-refractivity contribution is -0.437. The SMILES string of the molecule is CC1(C)C(/C=C/C=C/C=C2/N(CCCS(=O)(=O)O)c3cc(S(=O)(=O)O)cc(S(=O)(=O)O)c3C2(C)C)=[N+](CCCS(=O)(=O)[O-])c2cccc(C(=O)O)c21. The van der Waals surface area contributed by atoms with Crippen molar-refractivity contribution in [3.63, 3.8) is 0 Å². The summed E-state index contributed by atoms with van der Waals surface area (Å²) in [5, 5.41) is 9.91. The van der Waals surface area contributed by atoms with Crippen LogP contribution < -0.4 is 4.90 Å². The van der Waals surface area contributed by atoms with Gasteiger partial charge in [0.1, 0.15) is 11.4 Å². The van der Waals surface area contributed by atoms with Gasteiger partial charge in [0.25, 0.3) is 30.4 Å². The molecule has 0 saturated heterocycles. The van der Waals surface area contributed by atoms with Crippen LogP contribution in [0.3, 0.4) is 0 Å². The van der Waals surface area contributed by atoms with Crippen LogP contribution in [-0.2, 0) is 51.3 Å². The highest BCUT2D eigenvalue weighted by molar-refractivity contribution is 7.87. The zero-order chi connectivity index (χ0) is 39.2. The molecule has 0 fully saturated rings. The van der Waals surface area contributed by atoms with Gasteiger partial charge in [-0.2, -0.15) is 29.8 Å². The van der Waals surface area contributed by atoms with Crippen molar-refractivity contribution >= 4 is 63.5 Å². The molecule has 0 bridgehead atoms. The first kappa shape index (κ1) is 41.0. The Bertz CT molecular complexity index is 2390. The van der Waals surface area contributed by atoms with Crippen molar-refractivity contribution in [1.82, 2.24) is 0 Å². The van der Waals surface area contributed by atoms with Gasteiger partial charge in [-0.1, -0.05) is 38.1 Å². The summed E-state index contributed by atoms with van der Waals surface area (Å²) in [5.41, 5.74) is -0.252. The van der Waals surface area contributed by atoms with Gasteiger partial charge in [-0.3, -0.25) is 13.7 Å². The number of nitrogens with zero attached hydrogens (tertiary/aromatic N) is 2. The van der Waals surface area contributed by atoms with Crippen molar-refractivity contribution in [2.24, 2.45) is 0 Å². The number of aromatic carboxylic acids is 1. The van der Waals surface area contributed by atoms with E-state index in [4.69, 9.17) is 0 Å². The molecule has 4 N–H and O–H groups in total. The van der Waals surface area contributed by atoms with E-state index in [-0.39, 0.29) is 42.7 Å². The molecule has 4 rings (SSSR count). The second-order valence-corrected chi connectivity index (χ2v) is 19.2. The number of rotatable bonds is 14. The number of hydrogen-bond acceptors (Lipinski definition) is 11. The van der Waals surface area contributed by atoms with Crippen LogP contribution in [0.2, 0.25) is 0 Å². The molecule has 0 amide bonds. The summed E-state index contributed by atoms with van der Waals surface area (Å²) in [6.07, 6.45) is 7.71. The van der Waals surface area contributed by atoms with Gasteiger partial charge < -0.3 is 14.6 Å². The van der Waals surface area contributed by atoms with Crippen molar-refractivity contribution in [3.05, 3.63) is 83.1 Å². The number of anilines is 1. The minimum absolute atomic E-state index is 0.0320. The Balaban J connectivity index is 1.81. The van der Waals surface area contributed by atoms with Crippen molar-refractivity contribution in [1.29, 1.82) is 0 Å². The maximum Gasteiger partial charge on any atom is 0.336 e. The highest BCUT2D eigenvalue weighted by Crippen LogP contribution is 2.51. The Hall–Kier alpha value is -3.76. The highest BCUT2D eigenvalue weighted by Gasteiger charge is 2.47. The standard InChI is InChI=1S/C32H38N2O14S4/c1-31(2)26(33(15-9-17-49(37,38)39)23-12-8-11-22(28(23)31)30(35)36)13-6-5-7-14-27-32(3,4)29-24(34(27)16-10-18-50(40,41)42)19-21(51(43,44)45)20-25(29)52(46,47)48/h5-8,11-14,19-20H,9-10,15-18H2,1-4H3,(H4-,35,36,37,38,39,40,41,42,43,44,45,46,47,48). The number of allylic oxidation sites excluding steroid dienone is 6. The number of carboxylic acid groups (broad SMARTS) is 1. The Morgan fingerprint density at radius 2 is 1.50 bits per heavy atom. The first-order valence-corrected chi connectivity index (χ1v) is 21.6. The van der Waals surface area contributed by atoms with E-state index in [1.165, 1.54) is 17.0 Å². The quantitative estimate of drug-likeness (QED) is 0.121. The third-order valence-electron chi connectivity index (χ3n) is 8.89. The van der Waals surface area contributed by atoms with Crippen molar-refractivity contribution < 1.29 is 66.4 Å². The van der Waals surface area contributed by atoms with Crippen LogP contribution >= 0.6 is 0 Å². The van der Waals surface area contributed by atoms with E-state index in [2.05, 4.69) is 0 Å². The summed E-state index contributed by atoms with van der Waals surface area (Å²) in [6.45, 7) is 6.67. The highest BCUT2D eigenvalue weighted by atomic mass is 32.2. The fourth-order valence-electron chi connectivity index (χ4n) is 6.80. The average molecular weight is 803 g/mol. The van der Waals surface area contributed by atoms with E-state index in [1.807, 2.05) is 0 Å². The van der Waals surface area contributed by atoms with Gasteiger partial charge in [-0.05, 0) is 44.5 Å². The first-order valence-electron chi connectivity index (χ1n) is 15.5. The van der Waals surface area contributed by atoms with Crippen LogP contribution in [0.15, 0.2) is 76.2 Å². The number of carbonyl (C=O) groups is 1. The molecule has 0 aromatic heterocycles. The molecule has 284 valence electrons. The van der Waals surface area contributed by atoms with E-state index in [0.29, 0.717) is 28.7 Å². The molecule has 2 aliphatic rings. The van der Waals surface area contributed by atoms with E-state index >= 15 is 0 Å². The van der Waals surface area contributed by atoms with Crippen LogP contribution in [0, 0.1) is 0 Å². The van der Waals surface area contributed by atoms with Crippen LogP contribution in [0.25, 0.3) is 0 Å². The van der Waals surface area contributed by atoms with Gasteiger partial charge in [0.2, 0.25) is 5.69 Å². The van der Waals surface area contributed by atoms with Gasteiger partial charge in [-0.15, -0.1) is 0 Å². The predicted octanol–water partition coefficient (Wildman–Crippen LogP) is 3.26. The summed E-state index contributed by atoms with van der Waals surface area (Å²) in [6, 6.07) is 6.33. The van der Waals surface area contributed by atoms with Gasteiger partial charge >= 0.3 is 5.97 Å². The monoisotopic (exact) mass is 802 g/mol. The van der Waals surface area contributed by atoms with E-state index < -0.39 is 78.6 Å². The molecule has 52 heavy (non-hydrogen) atoms. The zero-order valence-corrected chi connectivity index (χ0v) is 31.7. The molecule has 16 nitrogen and oxygen atoms in total. The van der Waals surface area contributed by atoms with Gasteiger partial charge in [-0.25, -0.2) is 13.2 Å². The largest absolute Gasteiger partial charge is 0.748 e. The zero-order valence-electron chi connectivity index (χ0n) is 28.4. The summed E-state index contributed by atoms with van der Waals surface area (Å²) in [4.78, 5) is 11.9. The minimum atomic E-state index is -5.06. The fraction of sp³-hybridized carbons (Fsp3) is 0.375. The summed E-state index contributed by atoms with van der Waals surface area (Å²) in [5.74, 6) is -2.48. The number of carboxylic acids is 1. The van der Waals surface area contributed by atoms with Gasteiger partial charge in [0, 0.05) is 53.2 Å². The number of benzene rings is 2. The normalized spacial score (nSPS) is 18.2. The molecule has 2 aliphatic heterocycles. The van der Waals surface area contributed by atoms with E-state index in [9.17, 15) is 61.8 Å². The van der Waals surface area contributed by atoms with E-state index in [1.54, 1.807) is 68.7 Å². The lowest BCUT2D eigenvalue weighted by Crippen LogP contribution is -2.29. The maximum atomic E-state index is 12.5. The molecule has 20 heteroatoms. The third-order valence-corrected chi connectivity index (χ3v) is 12.2. The lowest BCUT2D eigenvalue weighted by atomic mass is 9.79. The van der Waals surface area contributed by atoms with Crippen LogP contribution in [0.5, 0.6) is 0 Å². The Morgan fingerprint density at radius 1 is 0.846 bits per heavy atom. The molecule has 0 spiro atoms. The third kappa shape index (κ3) is 8.71. The predicted molar refractivity (Wildman–Crippen MR) is 189 cm³/mol. The average Bonchev–Trinajstić information content (AvgIpc) is 3.33. The van der Waals surface area contributed by atoms with Crippen molar-refractivity contribution in [3.8, 4) is 0 Å².